The van der Waals surface area contributed by atoms with Crippen molar-refractivity contribution < 1.29 is 0 Å². The molecule has 0 heteroatoms. The van der Waals surface area contributed by atoms with Crippen LogP contribution in [0.1, 0.15) is 22.3 Å². The standard InChI is InChI=1S/C45H30/c1-3-17-35(18-4-1)45(36-19-5-2-6-20-36)43-29-33(39-23-11-15-31-13-7-9-21-37(31)39)25-27-41(43)42-28-26-34(30-44(42)45)40-24-12-16-32-14-8-10-22-38(32)40/h1-30H. The summed E-state index contributed by atoms with van der Waals surface area (Å²) in [5, 5.41) is 5.07. The van der Waals surface area contributed by atoms with E-state index in [9.17, 15) is 0 Å². The number of benzene rings is 8. The molecule has 9 rings (SSSR count). The van der Waals surface area contributed by atoms with E-state index in [0.717, 1.165) is 0 Å². The maximum absolute atomic E-state index is 2.47. The largest absolute Gasteiger partial charge is 0.0713 e. The lowest BCUT2D eigenvalue weighted by atomic mass is 9.67. The summed E-state index contributed by atoms with van der Waals surface area (Å²) in [6.45, 7) is 0. The lowest BCUT2D eigenvalue weighted by Gasteiger charge is -2.34. The summed E-state index contributed by atoms with van der Waals surface area (Å²) in [4.78, 5) is 0. The predicted molar refractivity (Wildman–Crippen MR) is 190 cm³/mol. The fraction of sp³-hybridized carbons (Fsp3) is 0.0222. The zero-order valence-corrected chi connectivity index (χ0v) is 24.8. The van der Waals surface area contributed by atoms with Gasteiger partial charge in [-0.05, 0) is 89.3 Å². The highest BCUT2D eigenvalue weighted by atomic mass is 14.5. The quantitative estimate of drug-likeness (QED) is 0.197. The monoisotopic (exact) mass is 570 g/mol. The van der Waals surface area contributed by atoms with Crippen molar-refractivity contribution in [3.8, 4) is 33.4 Å². The summed E-state index contributed by atoms with van der Waals surface area (Å²) in [6, 6.07) is 67.2. The molecule has 0 amide bonds. The molecule has 0 N–H and O–H groups in total. The van der Waals surface area contributed by atoms with Crippen LogP contribution < -0.4 is 0 Å². The molecule has 0 unspecified atom stereocenters. The lowest BCUT2D eigenvalue weighted by molar-refractivity contribution is 0.769. The maximum Gasteiger partial charge on any atom is 0.0713 e. The molecule has 210 valence electrons. The van der Waals surface area contributed by atoms with Crippen molar-refractivity contribution in [2.45, 2.75) is 5.41 Å². The van der Waals surface area contributed by atoms with Crippen LogP contribution in [0.15, 0.2) is 182 Å². The first-order chi connectivity index (χ1) is 22.3. The van der Waals surface area contributed by atoms with Crippen LogP contribution in [0.25, 0.3) is 54.9 Å². The third-order valence-corrected chi connectivity index (χ3v) is 9.75. The fourth-order valence-electron chi connectivity index (χ4n) is 7.78. The van der Waals surface area contributed by atoms with Crippen molar-refractivity contribution in [3.05, 3.63) is 204 Å². The smallest absolute Gasteiger partial charge is 0.0622 e. The summed E-state index contributed by atoms with van der Waals surface area (Å²) in [6.07, 6.45) is 0. The van der Waals surface area contributed by atoms with Crippen molar-refractivity contribution >= 4 is 21.5 Å². The third kappa shape index (κ3) is 3.86. The van der Waals surface area contributed by atoms with E-state index in [1.54, 1.807) is 0 Å². The molecule has 0 saturated carbocycles. The molecule has 0 heterocycles. The highest BCUT2D eigenvalue weighted by Gasteiger charge is 2.46. The molecule has 0 nitrogen and oxygen atoms in total. The normalized spacial score (nSPS) is 13.1. The maximum atomic E-state index is 2.47. The fourth-order valence-corrected chi connectivity index (χ4v) is 7.78. The van der Waals surface area contributed by atoms with Gasteiger partial charge in [0.2, 0.25) is 0 Å². The minimum atomic E-state index is -0.478. The van der Waals surface area contributed by atoms with Crippen LogP contribution in [-0.4, -0.2) is 0 Å². The number of fused-ring (bicyclic) bond motifs is 5. The summed E-state index contributed by atoms with van der Waals surface area (Å²) in [5.41, 5.74) is 12.3. The van der Waals surface area contributed by atoms with Crippen LogP contribution >= 0.6 is 0 Å². The SMILES string of the molecule is c1ccc(C2(c3ccccc3)c3cc(-c4cccc5ccccc45)ccc3-c3ccc(-c4cccc5ccccc45)cc32)cc1. The van der Waals surface area contributed by atoms with E-state index in [2.05, 4.69) is 182 Å². The van der Waals surface area contributed by atoms with Gasteiger partial charge >= 0.3 is 0 Å². The van der Waals surface area contributed by atoms with Crippen LogP contribution in [0.3, 0.4) is 0 Å². The first-order valence-corrected chi connectivity index (χ1v) is 15.7. The van der Waals surface area contributed by atoms with Crippen molar-refractivity contribution in [3.63, 3.8) is 0 Å². The average molecular weight is 571 g/mol. The van der Waals surface area contributed by atoms with E-state index in [1.165, 1.54) is 77.2 Å². The van der Waals surface area contributed by atoms with Crippen LogP contribution in [0.5, 0.6) is 0 Å². The van der Waals surface area contributed by atoms with E-state index in [-0.39, 0.29) is 0 Å². The van der Waals surface area contributed by atoms with Crippen LogP contribution in [0.4, 0.5) is 0 Å². The molecule has 45 heavy (non-hydrogen) atoms. The zero-order valence-electron chi connectivity index (χ0n) is 24.8. The van der Waals surface area contributed by atoms with Gasteiger partial charge in [0.1, 0.15) is 0 Å². The molecule has 0 aromatic heterocycles. The van der Waals surface area contributed by atoms with E-state index in [0.29, 0.717) is 0 Å². The predicted octanol–water partition coefficient (Wildman–Crippen LogP) is 11.7. The third-order valence-electron chi connectivity index (χ3n) is 9.75. The minimum Gasteiger partial charge on any atom is -0.0622 e. The summed E-state index contributed by atoms with van der Waals surface area (Å²) >= 11 is 0. The molecule has 1 aliphatic rings. The van der Waals surface area contributed by atoms with Gasteiger partial charge in [-0.15, -0.1) is 0 Å². The molecule has 1 aliphatic carbocycles. The Labute approximate surface area is 263 Å². The number of hydrogen-bond acceptors (Lipinski definition) is 0. The van der Waals surface area contributed by atoms with Crippen LogP contribution in [0.2, 0.25) is 0 Å². The Kier molecular flexibility index (Phi) is 5.83. The van der Waals surface area contributed by atoms with Gasteiger partial charge < -0.3 is 0 Å². The summed E-state index contributed by atoms with van der Waals surface area (Å²) in [5.74, 6) is 0. The van der Waals surface area contributed by atoms with Crippen molar-refractivity contribution in [2.75, 3.05) is 0 Å². The van der Waals surface area contributed by atoms with E-state index in [4.69, 9.17) is 0 Å². The molecule has 0 saturated heterocycles. The Morgan fingerprint density at radius 2 is 0.689 bits per heavy atom. The molecular weight excluding hydrogens is 540 g/mol. The Hall–Kier alpha value is -5.72. The number of hydrogen-bond donors (Lipinski definition) is 0. The Morgan fingerprint density at radius 1 is 0.289 bits per heavy atom. The first kappa shape index (κ1) is 25.7. The van der Waals surface area contributed by atoms with Gasteiger partial charge in [0.05, 0.1) is 5.41 Å². The van der Waals surface area contributed by atoms with E-state index in [1.807, 2.05) is 0 Å². The molecule has 0 bridgehead atoms. The minimum absolute atomic E-state index is 0.478. The molecule has 0 radical (unpaired) electrons. The number of rotatable bonds is 4. The van der Waals surface area contributed by atoms with E-state index < -0.39 is 5.41 Å². The highest BCUT2D eigenvalue weighted by molar-refractivity contribution is 6.00. The Balaban J connectivity index is 1.37. The molecule has 0 atom stereocenters. The average Bonchev–Trinajstić information content (AvgIpc) is 3.41. The first-order valence-electron chi connectivity index (χ1n) is 15.7. The Bertz CT molecular complexity index is 2180. The van der Waals surface area contributed by atoms with Crippen LogP contribution in [0, 0.1) is 0 Å². The van der Waals surface area contributed by atoms with Gasteiger partial charge in [-0.2, -0.15) is 0 Å². The molecule has 8 aromatic carbocycles. The second kappa shape index (κ2) is 10.2. The summed E-state index contributed by atoms with van der Waals surface area (Å²) in [7, 11) is 0. The van der Waals surface area contributed by atoms with Gasteiger partial charge in [0, 0.05) is 0 Å². The lowest BCUT2D eigenvalue weighted by Crippen LogP contribution is -2.28. The Morgan fingerprint density at radius 3 is 1.16 bits per heavy atom. The van der Waals surface area contributed by atoms with Gasteiger partial charge in [-0.3, -0.25) is 0 Å². The molecule has 0 fully saturated rings. The second-order valence-corrected chi connectivity index (χ2v) is 12.1. The van der Waals surface area contributed by atoms with Crippen LogP contribution in [-0.2, 0) is 5.41 Å². The van der Waals surface area contributed by atoms with Crippen molar-refractivity contribution in [1.29, 1.82) is 0 Å². The molecule has 8 aromatic rings. The van der Waals surface area contributed by atoms with Gasteiger partial charge in [-0.25, -0.2) is 0 Å². The van der Waals surface area contributed by atoms with E-state index >= 15 is 0 Å². The van der Waals surface area contributed by atoms with Crippen molar-refractivity contribution in [2.24, 2.45) is 0 Å². The molecule has 0 spiro atoms. The van der Waals surface area contributed by atoms with Crippen molar-refractivity contribution in [1.82, 2.24) is 0 Å². The molecular formula is C45H30. The van der Waals surface area contributed by atoms with Gasteiger partial charge in [0.25, 0.3) is 0 Å². The van der Waals surface area contributed by atoms with Gasteiger partial charge in [-0.1, -0.05) is 170 Å². The molecule has 0 aliphatic heterocycles. The topological polar surface area (TPSA) is 0 Å². The summed E-state index contributed by atoms with van der Waals surface area (Å²) < 4.78 is 0. The van der Waals surface area contributed by atoms with Gasteiger partial charge in [0.15, 0.2) is 0 Å². The zero-order chi connectivity index (χ0) is 29.8. The highest BCUT2D eigenvalue weighted by Crippen LogP contribution is 2.57. The second-order valence-electron chi connectivity index (χ2n) is 12.1.